The van der Waals surface area contributed by atoms with E-state index < -0.39 is 10.0 Å². The molecule has 1 saturated heterocycles. The molecule has 0 bridgehead atoms. The van der Waals surface area contributed by atoms with E-state index in [-0.39, 0.29) is 35.8 Å². The van der Waals surface area contributed by atoms with Crippen molar-refractivity contribution in [3.8, 4) is 5.75 Å². The molecular weight excluding hydrogens is 406 g/mol. The van der Waals surface area contributed by atoms with Gasteiger partial charge in [-0.15, -0.1) is 12.4 Å². The van der Waals surface area contributed by atoms with Crippen molar-refractivity contribution in [2.75, 3.05) is 33.3 Å². The molecule has 0 aliphatic carbocycles. The summed E-state index contributed by atoms with van der Waals surface area (Å²) in [6.07, 6.45) is 2.63. The van der Waals surface area contributed by atoms with Crippen LogP contribution in [0.15, 0.2) is 41.6 Å². The number of carbonyl (C=O) groups is 1. The van der Waals surface area contributed by atoms with Crippen LogP contribution in [0.2, 0.25) is 0 Å². The topological polar surface area (TPSA) is 106 Å². The first kappa shape index (κ1) is 22.2. The van der Waals surface area contributed by atoms with Crippen LogP contribution in [0.25, 0.3) is 0 Å². The van der Waals surface area contributed by atoms with E-state index in [1.165, 1.54) is 17.1 Å². The van der Waals surface area contributed by atoms with Crippen molar-refractivity contribution in [2.24, 2.45) is 7.05 Å². The first-order valence-electron chi connectivity index (χ1n) is 8.54. The summed E-state index contributed by atoms with van der Waals surface area (Å²) < 4.78 is 33.8. The monoisotopic (exact) mass is 429 g/mol. The van der Waals surface area contributed by atoms with E-state index in [2.05, 4.69) is 15.1 Å². The van der Waals surface area contributed by atoms with Crippen LogP contribution >= 0.6 is 12.4 Å². The van der Waals surface area contributed by atoms with E-state index in [1.54, 1.807) is 19.1 Å². The van der Waals surface area contributed by atoms with Gasteiger partial charge in [-0.05, 0) is 6.07 Å². The number of carbonyl (C=O) groups excluding carboxylic acids is 1. The summed E-state index contributed by atoms with van der Waals surface area (Å²) in [7, 11) is -0.575. The Morgan fingerprint density at radius 3 is 2.82 bits per heavy atom. The predicted molar refractivity (Wildman–Crippen MR) is 106 cm³/mol. The summed E-state index contributed by atoms with van der Waals surface area (Å²) in [5, 5.41) is 7.12. The third-order valence-electron chi connectivity index (χ3n) is 4.47. The molecule has 2 aromatic rings. The fraction of sp³-hybridized carbons (Fsp3) is 0.412. The number of nitrogens with zero attached hydrogens (tertiary/aromatic N) is 3. The molecule has 0 saturated carbocycles. The van der Waals surface area contributed by atoms with Crippen molar-refractivity contribution >= 4 is 28.3 Å². The number of rotatable bonds is 6. The van der Waals surface area contributed by atoms with E-state index in [0.717, 1.165) is 5.56 Å². The molecule has 1 aromatic carbocycles. The van der Waals surface area contributed by atoms with Gasteiger partial charge in [0.25, 0.3) is 0 Å². The van der Waals surface area contributed by atoms with Crippen LogP contribution in [-0.2, 0) is 21.9 Å². The van der Waals surface area contributed by atoms with Crippen LogP contribution in [0.1, 0.15) is 11.6 Å². The Balaban J connectivity index is 0.00000280. The van der Waals surface area contributed by atoms with Gasteiger partial charge in [0.2, 0.25) is 15.9 Å². The van der Waals surface area contributed by atoms with Crippen molar-refractivity contribution in [3.63, 3.8) is 0 Å². The maximum absolute atomic E-state index is 12.8. The van der Waals surface area contributed by atoms with E-state index in [0.29, 0.717) is 25.4 Å². The van der Waals surface area contributed by atoms with Crippen LogP contribution in [0.4, 0.5) is 0 Å². The quantitative estimate of drug-likeness (QED) is 0.684. The molecule has 3 rings (SSSR count). The molecule has 28 heavy (non-hydrogen) atoms. The number of hydrogen-bond donors (Lipinski definition) is 2. The summed E-state index contributed by atoms with van der Waals surface area (Å²) in [6.45, 7) is 1.38. The van der Waals surface area contributed by atoms with Crippen molar-refractivity contribution in [1.82, 2.24) is 24.7 Å². The lowest BCUT2D eigenvalue weighted by atomic mass is 10.0. The van der Waals surface area contributed by atoms with Gasteiger partial charge in [-0.3, -0.25) is 9.48 Å². The van der Waals surface area contributed by atoms with Gasteiger partial charge in [0.05, 0.1) is 25.9 Å². The van der Waals surface area contributed by atoms with Gasteiger partial charge in [-0.2, -0.15) is 5.10 Å². The number of aryl methyl sites for hydroxylation is 1. The summed E-state index contributed by atoms with van der Waals surface area (Å²) in [5.41, 5.74) is 0.885. The number of methoxy groups -OCH3 is 1. The number of benzene rings is 1. The van der Waals surface area contributed by atoms with Crippen LogP contribution in [0.3, 0.4) is 0 Å². The summed E-state index contributed by atoms with van der Waals surface area (Å²) in [4.78, 5) is 14.5. The number of piperazine rings is 1. The van der Waals surface area contributed by atoms with Crippen molar-refractivity contribution < 1.29 is 17.9 Å². The van der Waals surface area contributed by atoms with Crippen LogP contribution in [0.5, 0.6) is 5.75 Å². The maximum Gasteiger partial charge on any atom is 0.244 e. The van der Waals surface area contributed by atoms with Gasteiger partial charge < -0.3 is 15.0 Å². The largest absolute Gasteiger partial charge is 0.496 e. The number of amides is 1. The van der Waals surface area contributed by atoms with Gasteiger partial charge in [0.1, 0.15) is 10.6 Å². The Kier molecular flexibility index (Phi) is 7.41. The molecule has 0 radical (unpaired) electrons. The summed E-state index contributed by atoms with van der Waals surface area (Å²) >= 11 is 0. The maximum atomic E-state index is 12.8. The highest BCUT2D eigenvalue weighted by atomic mass is 35.5. The Hall–Kier alpha value is -2.14. The Bertz CT molecular complexity index is 918. The Morgan fingerprint density at radius 2 is 2.14 bits per heavy atom. The second kappa shape index (κ2) is 9.37. The lowest BCUT2D eigenvalue weighted by Gasteiger charge is -2.37. The number of aromatic nitrogens is 2. The molecule has 1 fully saturated rings. The predicted octanol–water partition coefficient (Wildman–Crippen LogP) is 0.302. The van der Waals surface area contributed by atoms with E-state index in [9.17, 15) is 13.2 Å². The zero-order chi connectivity index (χ0) is 19.4. The highest BCUT2D eigenvalue weighted by Gasteiger charge is 2.30. The molecule has 1 atom stereocenters. The average molecular weight is 430 g/mol. The first-order valence-corrected chi connectivity index (χ1v) is 10.0. The normalized spacial score (nSPS) is 17.1. The van der Waals surface area contributed by atoms with Crippen molar-refractivity contribution in [2.45, 2.75) is 10.9 Å². The fourth-order valence-electron chi connectivity index (χ4n) is 3.10. The average Bonchev–Trinajstić information content (AvgIpc) is 3.13. The van der Waals surface area contributed by atoms with Crippen LogP contribution < -0.4 is 14.8 Å². The number of sulfonamides is 1. The van der Waals surface area contributed by atoms with Gasteiger partial charge >= 0.3 is 0 Å². The molecule has 1 aliphatic heterocycles. The molecule has 9 nitrogen and oxygen atoms in total. The Morgan fingerprint density at radius 1 is 1.39 bits per heavy atom. The van der Waals surface area contributed by atoms with E-state index in [4.69, 9.17) is 4.74 Å². The van der Waals surface area contributed by atoms with Crippen molar-refractivity contribution in [3.05, 3.63) is 42.2 Å². The van der Waals surface area contributed by atoms with Gasteiger partial charge in [-0.1, -0.05) is 18.2 Å². The SMILES string of the molecule is COc1ccccc1C1CNCCN1C(=O)CNS(=O)(=O)c1cnn(C)c1.Cl. The van der Waals surface area contributed by atoms with E-state index >= 15 is 0 Å². The minimum absolute atomic E-state index is 0. The lowest BCUT2D eigenvalue weighted by molar-refractivity contribution is -0.133. The zero-order valence-corrected chi connectivity index (χ0v) is 17.3. The Labute approximate surface area is 170 Å². The molecule has 1 amide bonds. The molecule has 2 heterocycles. The number of hydrogen-bond acceptors (Lipinski definition) is 6. The second-order valence-electron chi connectivity index (χ2n) is 6.22. The van der Waals surface area contributed by atoms with Gasteiger partial charge in [0, 0.05) is 38.4 Å². The summed E-state index contributed by atoms with van der Waals surface area (Å²) in [6, 6.07) is 7.28. The molecular formula is C17H24ClN5O4S. The highest BCUT2D eigenvalue weighted by molar-refractivity contribution is 7.89. The number of para-hydroxylation sites is 1. The third-order valence-corrected chi connectivity index (χ3v) is 5.82. The molecule has 2 N–H and O–H groups in total. The van der Waals surface area contributed by atoms with Crippen LogP contribution in [0, 0.1) is 0 Å². The molecule has 1 aromatic heterocycles. The minimum Gasteiger partial charge on any atom is -0.496 e. The highest BCUT2D eigenvalue weighted by Crippen LogP contribution is 2.30. The number of ether oxygens (including phenoxy) is 1. The molecule has 1 aliphatic rings. The molecule has 0 spiro atoms. The van der Waals surface area contributed by atoms with Gasteiger partial charge in [-0.25, -0.2) is 13.1 Å². The fourth-order valence-corrected chi connectivity index (χ4v) is 4.06. The molecule has 154 valence electrons. The molecule has 1 unspecified atom stereocenters. The van der Waals surface area contributed by atoms with E-state index in [1.807, 2.05) is 24.3 Å². The second-order valence-corrected chi connectivity index (χ2v) is 7.99. The van der Waals surface area contributed by atoms with Crippen LogP contribution in [-0.4, -0.2) is 62.3 Å². The minimum atomic E-state index is -3.79. The first-order chi connectivity index (χ1) is 12.9. The smallest absolute Gasteiger partial charge is 0.244 e. The lowest BCUT2D eigenvalue weighted by Crippen LogP contribution is -2.51. The standard InChI is InChI=1S/C17H23N5O4S.ClH/c1-21-12-13(9-19-21)27(24,25)20-11-17(23)22-8-7-18-10-15(22)14-5-3-4-6-16(14)26-2;/h3-6,9,12,15,18,20H,7-8,10-11H2,1-2H3;1H. The van der Waals surface area contributed by atoms with Crippen molar-refractivity contribution in [1.29, 1.82) is 0 Å². The van der Waals surface area contributed by atoms with Gasteiger partial charge in [0.15, 0.2) is 0 Å². The summed E-state index contributed by atoms with van der Waals surface area (Å²) in [5.74, 6) is 0.403. The molecule has 11 heteroatoms. The zero-order valence-electron chi connectivity index (χ0n) is 15.7. The third kappa shape index (κ3) is 4.82. The number of halogens is 1. The number of nitrogens with one attached hydrogen (secondary N) is 2.